The van der Waals surface area contributed by atoms with E-state index in [2.05, 4.69) is 25.8 Å². The van der Waals surface area contributed by atoms with Gasteiger partial charge in [-0.3, -0.25) is 4.79 Å². The number of carbonyl (C=O) groups excluding carboxylic acids is 1. The molecule has 1 amide bonds. The van der Waals surface area contributed by atoms with E-state index in [1.54, 1.807) is 15.8 Å². The molecule has 0 saturated heterocycles. The normalized spacial score (nSPS) is 11.4. The van der Waals surface area contributed by atoms with Crippen molar-refractivity contribution in [2.75, 3.05) is 13.6 Å². The summed E-state index contributed by atoms with van der Waals surface area (Å²) in [5.74, 6) is 0.00109. The van der Waals surface area contributed by atoms with Gasteiger partial charge in [0.2, 0.25) is 0 Å². The van der Waals surface area contributed by atoms with Crippen LogP contribution in [0, 0.1) is 5.41 Å². The monoisotopic (exact) mass is 212 g/mol. The van der Waals surface area contributed by atoms with Crippen molar-refractivity contribution in [1.82, 2.24) is 9.88 Å². The lowest BCUT2D eigenvalue weighted by molar-refractivity contribution is 0.0740. The molecule has 14 heavy (non-hydrogen) atoms. The van der Waals surface area contributed by atoms with Gasteiger partial charge in [-0.2, -0.15) is 0 Å². The highest BCUT2D eigenvalue weighted by atomic mass is 32.1. The maximum Gasteiger partial charge on any atom is 0.273 e. The van der Waals surface area contributed by atoms with Gasteiger partial charge < -0.3 is 4.90 Å². The van der Waals surface area contributed by atoms with Crippen LogP contribution in [-0.2, 0) is 0 Å². The molecule has 1 aromatic heterocycles. The highest BCUT2D eigenvalue weighted by molar-refractivity contribution is 7.07. The molecule has 0 aliphatic heterocycles. The Bertz CT molecular complexity index is 300. The second-order valence-electron chi connectivity index (χ2n) is 4.60. The Morgan fingerprint density at radius 1 is 1.57 bits per heavy atom. The van der Waals surface area contributed by atoms with Gasteiger partial charge in [-0.1, -0.05) is 20.8 Å². The summed E-state index contributed by atoms with van der Waals surface area (Å²) in [4.78, 5) is 17.5. The van der Waals surface area contributed by atoms with Crippen molar-refractivity contribution in [3.05, 3.63) is 16.6 Å². The molecule has 0 aromatic carbocycles. The van der Waals surface area contributed by atoms with Gasteiger partial charge in [-0.15, -0.1) is 11.3 Å². The molecule has 1 aromatic rings. The zero-order valence-electron chi connectivity index (χ0n) is 9.07. The SMILES string of the molecule is CN(CC(C)(C)C)C(=O)c1cscn1. The molecule has 3 nitrogen and oxygen atoms in total. The molecular weight excluding hydrogens is 196 g/mol. The summed E-state index contributed by atoms with van der Waals surface area (Å²) >= 11 is 1.44. The second kappa shape index (κ2) is 4.09. The van der Waals surface area contributed by atoms with Crippen molar-refractivity contribution in [1.29, 1.82) is 0 Å². The van der Waals surface area contributed by atoms with Crippen LogP contribution in [0.2, 0.25) is 0 Å². The van der Waals surface area contributed by atoms with Crippen molar-refractivity contribution in [2.24, 2.45) is 5.41 Å². The van der Waals surface area contributed by atoms with Gasteiger partial charge >= 0.3 is 0 Å². The van der Waals surface area contributed by atoms with Crippen LogP contribution in [0.15, 0.2) is 10.9 Å². The first kappa shape index (κ1) is 11.2. The Morgan fingerprint density at radius 3 is 2.64 bits per heavy atom. The van der Waals surface area contributed by atoms with E-state index in [0.29, 0.717) is 5.69 Å². The van der Waals surface area contributed by atoms with E-state index in [4.69, 9.17) is 0 Å². The Labute approximate surface area is 88.8 Å². The topological polar surface area (TPSA) is 33.2 Å². The van der Waals surface area contributed by atoms with Crippen LogP contribution in [0.25, 0.3) is 0 Å². The van der Waals surface area contributed by atoms with Gasteiger partial charge in [0.25, 0.3) is 5.91 Å². The fraction of sp³-hybridized carbons (Fsp3) is 0.600. The number of hydrogen-bond donors (Lipinski definition) is 0. The molecule has 4 heteroatoms. The summed E-state index contributed by atoms with van der Waals surface area (Å²) in [5, 5.41) is 1.78. The van der Waals surface area contributed by atoms with Crippen molar-refractivity contribution in [3.63, 3.8) is 0 Å². The molecule has 0 N–H and O–H groups in total. The van der Waals surface area contributed by atoms with Crippen LogP contribution in [-0.4, -0.2) is 29.4 Å². The lowest BCUT2D eigenvalue weighted by atomic mass is 9.96. The average Bonchev–Trinajstić information content (AvgIpc) is 2.51. The van der Waals surface area contributed by atoms with E-state index in [1.165, 1.54) is 11.3 Å². The third-order valence-corrected chi connectivity index (χ3v) is 2.30. The van der Waals surface area contributed by atoms with Gasteiger partial charge in [0, 0.05) is 19.0 Å². The first-order chi connectivity index (χ1) is 6.40. The Kier molecular flexibility index (Phi) is 3.26. The van der Waals surface area contributed by atoms with Crippen LogP contribution in [0.1, 0.15) is 31.3 Å². The minimum atomic E-state index is 0.00109. The highest BCUT2D eigenvalue weighted by Crippen LogP contribution is 2.15. The van der Waals surface area contributed by atoms with Crippen LogP contribution in [0.4, 0.5) is 0 Å². The molecule has 78 valence electrons. The van der Waals surface area contributed by atoms with E-state index in [9.17, 15) is 4.79 Å². The minimum absolute atomic E-state index is 0.00109. The fourth-order valence-corrected chi connectivity index (χ4v) is 1.82. The lowest BCUT2D eigenvalue weighted by Crippen LogP contribution is -2.34. The lowest BCUT2D eigenvalue weighted by Gasteiger charge is -2.25. The third kappa shape index (κ3) is 3.10. The molecule has 0 fully saturated rings. The number of rotatable bonds is 2. The molecule has 0 saturated carbocycles. The molecule has 0 bridgehead atoms. The first-order valence-corrected chi connectivity index (χ1v) is 5.48. The van der Waals surface area contributed by atoms with Crippen LogP contribution in [0.5, 0.6) is 0 Å². The molecule has 0 spiro atoms. The molecule has 0 radical (unpaired) electrons. The Balaban J connectivity index is 2.63. The van der Waals surface area contributed by atoms with Gasteiger partial charge in [0.15, 0.2) is 0 Å². The largest absolute Gasteiger partial charge is 0.340 e. The van der Waals surface area contributed by atoms with E-state index >= 15 is 0 Å². The third-order valence-electron chi connectivity index (χ3n) is 1.71. The second-order valence-corrected chi connectivity index (χ2v) is 5.31. The average molecular weight is 212 g/mol. The Hall–Kier alpha value is -0.900. The summed E-state index contributed by atoms with van der Waals surface area (Å²) < 4.78 is 0. The fourth-order valence-electron chi connectivity index (χ4n) is 1.30. The molecule has 1 heterocycles. The minimum Gasteiger partial charge on any atom is -0.340 e. The van der Waals surface area contributed by atoms with E-state index < -0.39 is 0 Å². The van der Waals surface area contributed by atoms with Gasteiger partial charge in [-0.25, -0.2) is 4.98 Å². The summed E-state index contributed by atoms with van der Waals surface area (Å²) in [6.07, 6.45) is 0. The van der Waals surface area contributed by atoms with Gasteiger partial charge in [-0.05, 0) is 5.41 Å². The molecule has 0 unspecified atom stereocenters. The first-order valence-electron chi connectivity index (χ1n) is 4.54. The van der Waals surface area contributed by atoms with Gasteiger partial charge in [0.1, 0.15) is 5.69 Å². The maximum absolute atomic E-state index is 11.8. The zero-order chi connectivity index (χ0) is 10.8. The van der Waals surface area contributed by atoms with E-state index in [0.717, 1.165) is 6.54 Å². The number of thiazole rings is 1. The number of aromatic nitrogens is 1. The number of nitrogens with zero attached hydrogens (tertiary/aromatic N) is 2. The van der Waals surface area contributed by atoms with Crippen molar-refractivity contribution in [3.8, 4) is 0 Å². The molecule has 0 aliphatic carbocycles. The summed E-state index contributed by atoms with van der Waals surface area (Å²) in [6.45, 7) is 7.07. The maximum atomic E-state index is 11.8. The summed E-state index contributed by atoms with van der Waals surface area (Å²) in [6, 6.07) is 0. The number of hydrogen-bond acceptors (Lipinski definition) is 3. The number of amides is 1. The van der Waals surface area contributed by atoms with Crippen LogP contribution in [0.3, 0.4) is 0 Å². The van der Waals surface area contributed by atoms with E-state index in [1.807, 2.05) is 7.05 Å². The molecule has 0 atom stereocenters. The highest BCUT2D eigenvalue weighted by Gasteiger charge is 2.19. The zero-order valence-corrected chi connectivity index (χ0v) is 9.89. The predicted octanol–water partition coefficient (Wildman–Crippen LogP) is 2.26. The smallest absolute Gasteiger partial charge is 0.273 e. The standard InChI is InChI=1S/C10H16N2OS/c1-10(2,3)6-12(4)9(13)8-5-14-7-11-8/h5,7H,6H2,1-4H3. The molecule has 1 rings (SSSR count). The van der Waals surface area contributed by atoms with Gasteiger partial charge in [0.05, 0.1) is 5.51 Å². The molecule has 0 aliphatic rings. The summed E-state index contributed by atoms with van der Waals surface area (Å²) in [7, 11) is 1.81. The van der Waals surface area contributed by atoms with E-state index in [-0.39, 0.29) is 11.3 Å². The Morgan fingerprint density at radius 2 is 2.21 bits per heavy atom. The van der Waals surface area contributed by atoms with Crippen molar-refractivity contribution < 1.29 is 4.79 Å². The predicted molar refractivity (Wildman–Crippen MR) is 58.5 cm³/mol. The molecular formula is C10H16N2OS. The van der Waals surface area contributed by atoms with Crippen LogP contribution < -0.4 is 0 Å². The van der Waals surface area contributed by atoms with Crippen LogP contribution >= 0.6 is 11.3 Å². The summed E-state index contributed by atoms with van der Waals surface area (Å²) in [5.41, 5.74) is 2.35. The van der Waals surface area contributed by atoms with Crippen molar-refractivity contribution >= 4 is 17.2 Å². The number of carbonyl (C=O) groups is 1. The van der Waals surface area contributed by atoms with Crippen molar-refractivity contribution in [2.45, 2.75) is 20.8 Å². The quantitative estimate of drug-likeness (QED) is 0.753.